The first-order chi connectivity index (χ1) is 27.5. The molecule has 12 nitrogen and oxygen atoms in total. The van der Waals surface area contributed by atoms with Crippen LogP contribution in [0.3, 0.4) is 0 Å². The maximum atomic E-state index is 12.6. The molecule has 13 heteroatoms. The first kappa shape index (κ1) is 54.1. The summed E-state index contributed by atoms with van der Waals surface area (Å²) >= 11 is 0. The number of phosphoric acid groups is 1. The summed E-state index contributed by atoms with van der Waals surface area (Å²) in [5, 5.41) is 18.6. The molecule has 0 aliphatic carbocycles. The van der Waals surface area contributed by atoms with Crippen LogP contribution in [0.25, 0.3) is 0 Å². The Morgan fingerprint density at radius 2 is 1.11 bits per heavy atom. The lowest BCUT2D eigenvalue weighted by molar-refractivity contribution is -0.161. The smallest absolute Gasteiger partial charge is 0.472 e. The van der Waals surface area contributed by atoms with Crippen LogP contribution >= 0.6 is 7.82 Å². The Labute approximate surface area is 343 Å². The molecule has 0 bridgehead atoms. The number of carbonyl (C=O) groups excluding carboxylic acids is 2. The lowest BCUT2D eigenvalue weighted by Gasteiger charge is -2.20. The van der Waals surface area contributed by atoms with E-state index in [1.54, 1.807) is 0 Å². The topological polar surface area (TPSA) is 192 Å². The third-order valence-corrected chi connectivity index (χ3v) is 9.74. The van der Waals surface area contributed by atoms with Crippen molar-refractivity contribution in [2.24, 2.45) is 5.73 Å². The first-order valence-electron chi connectivity index (χ1n) is 21.4. The van der Waals surface area contributed by atoms with Gasteiger partial charge in [0.15, 0.2) is 6.10 Å². The number of hydrogen-bond donors (Lipinski definition) is 4. The summed E-state index contributed by atoms with van der Waals surface area (Å²) in [4.78, 5) is 45.9. The Balaban J connectivity index is 4.51. The van der Waals surface area contributed by atoms with Crippen LogP contribution < -0.4 is 5.73 Å². The highest BCUT2D eigenvalue weighted by atomic mass is 31.2. The second-order valence-electron chi connectivity index (χ2n) is 14.3. The number of aliphatic hydroxyl groups excluding tert-OH is 1. The summed E-state index contributed by atoms with van der Waals surface area (Å²) in [6, 6.07) is -1.54. The number of carbonyl (C=O) groups is 3. The number of carboxylic acids is 1. The second-order valence-corrected chi connectivity index (χ2v) is 15.8. The quantitative estimate of drug-likeness (QED) is 0.0199. The van der Waals surface area contributed by atoms with Crippen LogP contribution in [0.5, 0.6) is 0 Å². The molecule has 0 aliphatic heterocycles. The van der Waals surface area contributed by atoms with E-state index in [2.05, 4.69) is 60.9 Å². The average molecular weight is 826 g/mol. The minimum atomic E-state index is -4.74. The molecule has 0 saturated heterocycles. The van der Waals surface area contributed by atoms with Gasteiger partial charge in [0.25, 0.3) is 0 Å². The molecular formula is C44H76NO11P. The van der Waals surface area contributed by atoms with Gasteiger partial charge in [-0.15, -0.1) is 0 Å². The van der Waals surface area contributed by atoms with Crippen molar-refractivity contribution in [1.82, 2.24) is 0 Å². The lowest BCUT2D eigenvalue weighted by Crippen LogP contribution is -2.34. The molecule has 2 unspecified atom stereocenters. The first-order valence-corrected chi connectivity index (χ1v) is 22.9. The predicted octanol–water partition coefficient (Wildman–Crippen LogP) is 10.1. The molecule has 328 valence electrons. The summed E-state index contributed by atoms with van der Waals surface area (Å²) in [7, 11) is -4.74. The Kier molecular flexibility index (Phi) is 36.7. The van der Waals surface area contributed by atoms with Gasteiger partial charge in [0, 0.05) is 12.8 Å². The number of aliphatic hydroxyl groups is 1. The van der Waals surface area contributed by atoms with Crippen LogP contribution in [0.15, 0.2) is 60.8 Å². The van der Waals surface area contributed by atoms with Crippen LogP contribution in [-0.2, 0) is 37.5 Å². The second kappa shape index (κ2) is 38.6. The molecule has 0 aromatic carbocycles. The molecule has 0 rings (SSSR count). The molecule has 0 aromatic heterocycles. The normalized spacial score (nSPS) is 14.9. The van der Waals surface area contributed by atoms with E-state index in [1.165, 1.54) is 51.4 Å². The molecule has 0 saturated carbocycles. The van der Waals surface area contributed by atoms with Crippen molar-refractivity contribution in [2.75, 3.05) is 19.8 Å². The van der Waals surface area contributed by atoms with Crippen LogP contribution in [0.1, 0.15) is 162 Å². The molecule has 0 spiro atoms. The Morgan fingerprint density at radius 1 is 0.614 bits per heavy atom. The van der Waals surface area contributed by atoms with Crippen molar-refractivity contribution in [1.29, 1.82) is 0 Å². The van der Waals surface area contributed by atoms with Gasteiger partial charge in [-0.25, -0.2) is 4.57 Å². The number of allylic oxidation sites excluding steroid dienone is 9. The summed E-state index contributed by atoms with van der Waals surface area (Å²) in [6.45, 7) is 2.51. The van der Waals surface area contributed by atoms with Gasteiger partial charge in [-0.2, -0.15) is 0 Å². The van der Waals surface area contributed by atoms with Gasteiger partial charge in [0.1, 0.15) is 12.6 Å². The fourth-order valence-electron chi connectivity index (χ4n) is 5.42. The van der Waals surface area contributed by atoms with Crippen molar-refractivity contribution < 1.29 is 52.6 Å². The number of esters is 2. The van der Waals surface area contributed by atoms with E-state index in [4.69, 9.17) is 24.8 Å². The van der Waals surface area contributed by atoms with Crippen molar-refractivity contribution in [2.45, 2.75) is 180 Å². The molecular weight excluding hydrogens is 749 g/mol. The van der Waals surface area contributed by atoms with Gasteiger partial charge in [0.2, 0.25) is 0 Å². The van der Waals surface area contributed by atoms with E-state index in [0.717, 1.165) is 57.8 Å². The number of hydrogen-bond acceptors (Lipinski definition) is 10. The van der Waals surface area contributed by atoms with E-state index in [-0.39, 0.29) is 25.6 Å². The van der Waals surface area contributed by atoms with Crippen LogP contribution in [0, 0.1) is 0 Å². The zero-order chi connectivity index (χ0) is 42.2. The molecule has 0 amide bonds. The van der Waals surface area contributed by atoms with Gasteiger partial charge in [0.05, 0.1) is 19.3 Å². The van der Waals surface area contributed by atoms with E-state index in [9.17, 15) is 28.9 Å². The standard InChI is InChI=1S/C44H76NO11P/c1-3-5-6-7-8-9-10-11-12-15-18-21-24-27-30-34-42(47)53-36-40(37-54-57(51,52)55-38-41(45)44(49)50)56-43(48)35-31-28-25-22-19-16-13-14-17-20-23-26-29-33-39(46)32-4-2/h9-10,13,16-17,20,22,25-26,29,39-41,46H,3-8,11-12,14-15,18-19,21,23-24,27-28,30-38,45H2,1-2H3,(H,49,50)(H,51,52)/b10-9-,16-13-,20-17-,25-22-,29-26-/t39?,40-,41+/m1/s1. The predicted molar refractivity (Wildman–Crippen MR) is 227 cm³/mol. The van der Waals surface area contributed by atoms with Gasteiger partial charge in [-0.1, -0.05) is 132 Å². The van der Waals surface area contributed by atoms with Gasteiger partial charge in [-0.05, 0) is 77.0 Å². The minimum absolute atomic E-state index is 0.0675. The highest BCUT2D eigenvalue weighted by Gasteiger charge is 2.28. The third kappa shape index (κ3) is 38.4. The number of aliphatic carboxylic acids is 1. The molecule has 57 heavy (non-hydrogen) atoms. The number of carboxylic acid groups (broad SMARTS) is 1. The summed E-state index contributed by atoms with van der Waals surface area (Å²) in [6.07, 6.45) is 40.7. The van der Waals surface area contributed by atoms with Gasteiger partial charge < -0.3 is 30.3 Å². The van der Waals surface area contributed by atoms with Crippen LogP contribution in [-0.4, -0.2) is 71.1 Å². The third-order valence-electron chi connectivity index (χ3n) is 8.79. The molecule has 5 N–H and O–H groups in total. The largest absolute Gasteiger partial charge is 0.480 e. The van der Waals surface area contributed by atoms with E-state index in [0.29, 0.717) is 25.7 Å². The number of ether oxygens (including phenoxy) is 2. The molecule has 0 radical (unpaired) electrons. The Hall–Kier alpha value is -2.86. The number of nitrogens with two attached hydrogens (primary N) is 1. The lowest BCUT2D eigenvalue weighted by atomic mass is 10.1. The number of rotatable bonds is 39. The number of phosphoric ester groups is 1. The SMILES string of the molecule is CCCCCC/C=C\CCCCCCCCCC(=O)OC[C@H](COP(=O)(O)OC[C@H](N)C(=O)O)OC(=O)CCC/C=C\C/C=C\C/C=C\C/C=C\CC(O)CCC. The Morgan fingerprint density at radius 3 is 1.70 bits per heavy atom. The van der Waals surface area contributed by atoms with E-state index < -0.39 is 51.1 Å². The zero-order valence-electron chi connectivity index (χ0n) is 35.0. The summed E-state index contributed by atoms with van der Waals surface area (Å²) in [5.41, 5.74) is 5.32. The van der Waals surface area contributed by atoms with Crippen LogP contribution in [0.4, 0.5) is 0 Å². The molecule has 0 fully saturated rings. The Bertz CT molecular complexity index is 1220. The van der Waals surface area contributed by atoms with Crippen molar-refractivity contribution >= 4 is 25.7 Å². The molecule has 0 aromatic rings. The van der Waals surface area contributed by atoms with Gasteiger partial charge in [-0.3, -0.25) is 23.4 Å². The fraction of sp³-hybridized carbons (Fsp3) is 0.705. The fourth-order valence-corrected chi connectivity index (χ4v) is 6.20. The summed E-state index contributed by atoms with van der Waals surface area (Å²) in [5.74, 6) is -2.49. The monoisotopic (exact) mass is 826 g/mol. The average Bonchev–Trinajstić information content (AvgIpc) is 3.18. The van der Waals surface area contributed by atoms with Crippen molar-refractivity contribution in [3.63, 3.8) is 0 Å². The number of unbranched alkanes of at least 4 members (excludes halogenated alkanes) is 12. The van der Waals surface area contributed by atoms with Crippen molar-refractivity contribution in [3.05, 3.63) is 60.8 Å². The van der Waals surface area contributed by atoms with Gasteiger partial charge >= 0.3 is 25.7 Å². The highest BCUT2D eigenvalue weighted by Crippen LogP contribution is 2.43. The van der Waals surface area contributed by atoms with E-state index >= 15 is 0 Å². The maximum absolute atomic E-state index is 12.6. The van der Waals surface area contributed by atoms with Crippen LogP contribution in [0.2, 0.25) is 0 Å². The molecule has 4 atom stereocenters. The minimum Gasteiger partial charge on any atom is -0.480 e. The zero-order valence-corrected chi connectivity index (χ0v) is 35.9. The van der Waals surface area contributed by atoms with Crippen molar-refractivity contribution in [3.8, 4) is 0 Å². The molecule has 0 heterocycles. The molecule has 0 aliphatic rings. The van der Waals surface area contributed by atoms with E-state index in [1.807, 2.05) is 18.2 Å². The highest BCUT2D eigenvalue weighted by molar-refractivity contribution is 7.47. The maximum Gasteiger partial charge on any atom is 0.472 e. The summed E-state index contributed by atoms with van der Waals surface area (Å²) < 4.78 is 32.6.